The molecule has 2 aromatic rings. The van der Waals surface area contributed by atoms with Crippen molar-refractivity contribution in [1.29, 1.82) is 0 Å². The number of pyridine rings is 1. The van der Waals surface area contributed by atoms with E-state index in [1.807, 2.05) is 12.1 Å². The van der Waals surface area contributed by atoms with Gasteiger partial charge in [0.1, 0.15) is 5.75 Å². The molecule has 2 N–H and O–H groups in total. The van der Waals surface area contributed by atoms with E-state index in [0.29, 0.717) is 13.2 Å². The Labute approximate surface area is 130 Å². The first-order valence-corrected chi connectivity index (χ1v) is 7.51. The van der Waals surface area contributed by atoms with Crippen LogP contribution in [0.3, 0.4) is 0 Å². The third-order valence-electron chi connectivity index (χ3n) is 3.54. The summed E-state index contributed by atoms with van der Waals surface area (Å²) in [5, 5.41) is 2.86. The molecule has 5 nitrogen and oxygen atoms in total. The lowest BCUT2D eigenvalue weighted by molar-refractivity contribution is 0.0946. The molecule has 22 heavy (non-hydrogen) atoms. The van der Waals surface area contributed by atoms with E-state index < -0.39 is 0 Å². The van der Waals surface area contributed by atoms with Crippen molar-refractivity contribution in [3.63, 3.8) is 0 Å². The van der Waals surface area contributed by atoms with E-state index in [2.05, 4.69) is 36.1 Å². The van der Waals surface area contributed by atoms with Gasteiger partial charge in [0.05, 0.1) is 24.1 Å². The fourth-order valence-electron chi connectivity index (χ4n) is 2.45. The number of ether oxygens (including phenoxy) is 1. The third-order valence-corrected chi connectivity index (χ3v) is 3.54. The predicted octanol–water partition coefficient (Wildman–Crippen LogP) is 2.79. The minimum absolute atomic E-state index is 0.0185. The fourth-order valence-corrected chi connectivity index (χ4v) is 2.45. The monoisotopic (exact) mass is 299 g/mol. The fraction of sp³-hybridized carbons (Fsp3) is 0.412. The lowest BCUT2D eigenvalue weighted by Crippen LogP contribution is -2.31. The number of H-pyrrole nitrogens is 1. The van der Waals surface area contributed by atoms with Crippen molar-refractivity contribution >= 4 is 5.91 Å². The van der Waals surface area contributed by atoms with Gasteiger partial charge >= 0.3 is 0 Å². The molecule has 0 saturated heterocycles. The van der Waals surface area contributed by atoms with Crippen molar-refractivity contribution in [1.82, 2.24) is 15.3 Å². The van der Waals surface area contributed by atoms with Gasteiger partial charge in [-0.3, -0.25) is 9.78 Å². The first-order chi connectivity index (χ1) is 10.4. The van der Waals surface area contributed by atoms with E-state index in [-0.39, 0.29) is 11.3 Å². The van der Waals surface area contributed by atoms with E-state index in [4.69, 9.17) is 4.74 Å². The molecule has 3 rings (SSSR count). The number of aromatic nitrogens is 2. The molecule has 0 aromatic carbocycles. The van der Waals surface area contributed by atoms with Crippen LogP contribution in [0.15, 0.2) is 24.5 Å². The van der Waals surface area contributed by atoms with Crippen LogP contribution in [0, 0.1) is 5.41 Å². The summed E-state index contributed by atoms with van der Waals surface area (Å²) in [6, 6.07) is 3.80. The van der Waals surface area contributed by atoms with Crippen LogP contribution in [0.5, 0.6) is 5.75 Å². The highest BCUT2D eigenvalue weighted by Gasteiger charge is 2.21. The maximum absolute atomic E-state index is 11.9. The second-order valence-corrected chi connectivity index (χ2v) is 6.80. The molecule has 0 fully saturated rings. The minimum Gasteiger partial charge on any atom is -0.491 e. The highest BCUT2D eigenvalue weighted by atomic mass is 16.5. The number of aromatic amines is 1. The molecule has 1 aliphatic heterocycles. The molecule has 2 aromatic heterocycles. The summed E-state index contributed by atoms with van der Waals surface area (Å²) in [5.41, 5.74) is 3.61. The van der Waals surface area contributed by atoms with Crippen LogP contribution in [0.25, 0.3) is 11.3 Å². The molecule has 0 spiro atoms. The zero-order valence-electron chi connectivity index (χ0n) is 13.2. The van der Waals surface area contributed by atoms with Gasteiger partial charge < -0.3 is 15.0 Å². The van der Waals surface area contributed by atoms with Crippen LogP contribution >= 0.6 is 0 Å². The quantitative estimate of drug-likeness (QED) is 0.916. The van der Waals surface area contributed by atoms with Crippen molar-refractivity contribution in [2.24, 2.45) is 5.41 Å². The van der Waals surface area contributed by atoms with Crippen LogP contribution in [0.1, 0.15) is 36.8 Å². The number of nitrogens with zero attached hydrogens (tertiary/aromatic N) is 1. The second kappa shape index (κ2) is 5.48. The summed E-state index contributed by atoms with van der Waals surface area (Å²) in [7, 11) is 0. The van der Waals surface area contributed by atoms with Gasteiger partial charge in [0.15, 0.2) is 0 Å². The number of hydrogen-bond donors (Lipinski definition) is 2. The van der Waals surface area contributed by atoms with E-state index >= 15 is 0 Å². The summed E-state index contributed by atoms with van der Waals surface area (Å²) in [6.07, 6.45) is 4.28. The standard InChI is InChI=1S/C17H21N3O2/c1-17(2,3)10-22-15-9-18-6-4-11(15)14-8-12-13(20-14)5-7-19-16(12)21/h4,6,8-9,20H,5,7,10H2,1-3H3,(H,19,21). The van der Waals surface area contributed by atoms with Gasteiger partial charge in [-0.1, -0.05) is 20.8 Å². The Kier molecular flexibility index (Phi) is 3.64. The Hall–Kier alpha value is -2.30. The van der Waals surface area contributed by atoms with Gasteiger partial charge in [0.2, 0.25) is 0 Å². The Bertz CT molecular complexity index is 698. The Morgan fingerprint density at radius 1 is 1.32 bits per heavy atom. The molecule has 0 radical (unpaired) electrons. The molecule has 1 amide bonds. The van der Waals surface area contributed by atoms with Gasteiger partial charge in [-0.15, -0.1) is 0 Å². The molecule has 0 bridgehead atoms. The molecular weight excluding hydrogens is 278 g/mol. The molecular formula is C17H21N3O2. The molecule has 0 saturated carbocycles. The van der Waals surface area contributed by atoms with Crippen LogP contribution in [0.2, 0.25) is 0 Å². The van der Waals surface area contributed by atoms with Crippen LogP contribution in [-0.4, -0.2) is 29.0 Å². The number of carbonyl (C=O) groups excluding carboxylic acids is 1. The van der Waals surface area contributed by atoms with E-state index in [1.54, 1.807) is 12.4 Å². The van der Waals surface area contributed by atoms with Crippen molar-refractivity contribution in [2.75, 3.05) is 13.2 Å². The Morgan fingerprint density at radius 2 is 2.14 bits per heavy atom. The summed E-state index contributed by atoms with van der Waals surface area (Å²) in [5.74, 6) is 0.714. The van der Waals surface area contributed by atoms with Gasteiger partial charge in [-0.25, -0.2) is 0 Å². The summed E-state index contributed by atoms with van der Waals surface area (Å²) in [4.78, 5) is 19.4. The van der Waals surface area contributed by atoms with Crippen molar-refractivity contribution in [3.8, 4) is 17.0 Å². The Balaban J connectivity index is 1.93. The van der Waals surface area contributed by atoms with Gasteiger partial charge in [0.25, 0.3) is 5.91 Å². The average molecular weight is 299 g/mol. The molecule has 0 unspecified atom stereocenters. The van der Waals surface area contributed by atoms with Crippen molar-refractivity contribution in [2.45, 2.75) is 27.2 Å². The number of nitrogens with one attached hydrogen (secondary N) is 2. The zero-order chi connectivity index (χ0) is 15.7. The summed E-state index contributed by atoms with van der Waals surface area (Å²) >= 11 is 0. The first-order valence-electron chi connectivity index (χ1n) is 7.51. The normalized spacial score (nSPS) is 14.4. The molecule has 116 valence electrons. The van der Waals surface area contributed by atoms with Crippen molar-refractivity contribution < 1.29 is 9.53 Å². The van der Waals surface area contributed by atoms with Gasteiger partial charge in [0, 0.05) is 30.4 Å². The van der Waals surface area contributed by atoms with E-state index in [1.165, 1.54) is 0 Å². The average Bonchev–Trinajstić information content (AvgIpc) is 2.90. The maximum Gasteiger partial charge on any atom is 0.253 e. The van der Waals surface area contributed by atoms with E-state index in [0.717, 1.165) is 34.7 Å². The number of fused-ring (bicyclic) bond motifs is 1. The summed E-state index contributed by atoms with van der Waals surface area (Å²) in [6.45, 7) is 7.66. The number of amides is 1. The minimum atomic E-state index is -0.0185. The summed E-state index contributed by atoms with van der Waals surface area (Å²) < 4.78 is 5.93. The molecule has 0 atom stereocenters. The zero-order valence-corrected chi connectivity index (χ0v) is 13.2. The topological polar surface area (TPSA) is 67.0 Å². The highest BCUT2D eigenvalue weighted by Crippen LogP contribution is 2.31. The smallest absolute Gasteiger partial charge is 0.253 e. The first kappa shape index (κ1) is 14.6. The largest absolute Gasteiger partial charge is 0.491 e. The second-order valence-electron chi connectivity index (χ2n) is 6.80. The number of rotatable bonds is 3. The lowest BCUT2D eigenvalue weighted by Gasteiger charge is -2.19. The van der Waals surface area contributed by atoms with Crippen LogP contribution in [-0.2, 0) is 6.42 Å². The molecule has 0 aliphatic carbocycles. The van der Waals surface area contributed by atoms with Gasteiger partial charge in [-0.2, -0.15) is 0 Å². The van der Waals surface area contributed by atoms with Crippen molar-refractivity contribution in [3.05, 3.63) is 35.8 Å². The molecule has 1 aliphatic rings. The molecule has 3 heterocycles. The van der Waals surface area contributed by atoms with E-state index in [9.17, 15) is 4.79 Å². The third kappa shape index (κ3) is 2.98. The van der Waals surface area contributed by atoms with Crippen LogP contribution < -0.4 is 10.1 Å². The predicted molar refractivity (Wildman–Crippen MR) is 85.0 cm³/mol. The number of carbonyl (C=O) groups is 1. The Morgan fingerprint density at radius 3 is 2.86 bits per heavy atom. The highest BCUT2D eigenvalue weighted by molar-refractivity contribution is 5.98. The maximum atomic E-state index is 11.9. The molecule has 5 heteroatoms. The number of hydrogen-bond acceptors (Lipinski definition) is 3. The lowest BCUT2D eigenvalue weighted by atomic mass is 9.98. The van der Waals surface area contributed by atoms with Crippen LogP contribution in [0.4, 0.5) is 0 Å². The SMILES string of the molecule is CC(C)(C)COc1cnccc1-c1cc2c([nH]1)CCNC2=O. The van der Waals surface area contributed by atoms with Gasteiger partial charge in [-0.05, 0) is 17.5 Å².